The Morgan fingerprint density at radius 3 is 2.44 bits per heavy atom. The number of pyridine rings is 1. The number of aliphatic hydroxyl groups is 1. The Kier molecular flexibility index (Phi) is 12.3. The van der Waals surface area contributed by atoms with Crippen LogP contribution < -0.4 is 20.7 Å². The molecule has 0 atom stereocenters. The summed E-state index contributed by atoms with van der Waals surface area (Å²) in [6, 6.07) is 4.02. The molecule has 0 spiro atoms. The molecule has 1 aliphatic heterocycles. The fraction of sp³-hybridized carbons (Fsp3) is 0.571. The highest BCUT2D eigenvalue weighted by Crippen LogP contribution is 2.32. The summed E-state index contributed by atoms with van der Waals surface area (Å²) in [4.78, 5) is 13.6. The molecule has 3 heterocycles. The van der Waals surface area contributed by atoms with E-state index in [0.717, 1.165) is 63.1 Å². The van der Waals surface area contributed by atoms with Gasteiger partial charge in [0, 0.05) is 35.8 Å². The molecule has 2 aliphatic rings. The molecule has 0 radical (unpaired) electrons. The van der Waals surface area contributed by atoms with Crippen molar-refractivity contribution < 1.29 is 9.84 Å². The number of ether oxygens (including phenoxy) is 1. The minimum Gasteiger partial charge on any atom is -0.481 e. The van der Waals surface area contributed by atoms with Crippen LogP contribution in [0.5, 0.6) is 5.88 Å². The molecule has 4 N–H and O–H groups in total. The van der Waals surface area contributed by atoms with Gasteiger partial charge >= 0.3 is 0 Å². The molecular formula is C21H33Cl3N6O2. The van der Waals surface area contributed by atoms with Crippen LogP contribution in [0.25, 0.3) is 0 Å². The third kappa shape index (κ3) is 7.49. The fourth-order valence-electron chi connectivity index (χ4n) is 4.14. The number of nitrogens with one attached hydrogen (secondary N) is 3. The van der Waals surface area contributed by atoms with Gasteiger partial charge in [-0.15, -0.1) is 37.2 Å². The Hall–Kier alpha value is -1.58. The second kappa shape index (κ2) is 13.9. The van der Waals surface area contributed by atoms with Gasteiger partial charge in [-0.05, 0) is 63.6 Å². The van der Waals surface area contributed by atoms with Crippen molar-refractivity contribution in [3.8, 4) is 5.88 Å². The molecule has 0 bridgehead atoms. The first-order chi connectivity index (χ1) is 14.2. The molecule has 0 aromatic carbocycles. The Morgan fingerprint density at radius 1 is 1.03 bits per heavy atom. The lowest BCUT2D eigenvalue weighted by molar-refractivity contribution is 0.126. The summed E-state index contributed by atoms with van der Waals surface area (Å²) < 4.78 is 5.19. The summed E-state index contributed by atoms with van der Waals surface area (Å²) in [6.07, 6.45) is 9.27. The number of hydrogen-bond acceptors (Lipinski definition) is 8. The van der Waals surface area contributed by atoms with Gasteiger partial charge in [0.25, 0.3) is 0 Å². The summed E-state index contributed by atoms with van der Waals surface area (Å²) in [7, 11) is 1.60. The van der Waals surface area contributed by atoms with E-state index in [4.69, 9.17) is 9.72 Å². The molecule has 2 aromatic rings. The normalized spacial score (nSPS) is 20.7. The number of aromatic nitrogens is 3. The number of methoxy groups -OCH3 is 1. The van der Waals surface area contributed by atoms with Gasteiger partial charge in [-0.3, -0.25) is 0 Å². The molecule has 0 amide bonds. The van der Waals surface area contributed by atoms with Crippen LogP contribution in [-0.2, 0) is 0 Å². The van der Waals surface area contributed by atoms with E-state index >= 15 is 0 Å². The number of anilines is 3. The van der Waals surface area contributed by atoms with Crippen molar-refractivity contribution in [1.29, 1.82) is 0 Å². The monoisotopic (exact) mass is 506 g/mol. The molecule has 180 valence electrons. The Morgan fingerprint density at radius 2 is 1.75 bits per heavy atom. The molecule has 1 saturated carbocycles. The van der Waals surface area contributed by atoms with E-state index in [2.05, 4.69) is 25.9 Å². The highest BCUT2D eigenvalue weighted by molar-refractivity contribution is 5.86. The van der Waals surface area contributed by atoms with E-state index in [0.29, 0.717) is 23.8 Å². The van der Waals surface area contributed by atoms with Crippen LogP contribution >= 0.6 is 37.2 Å². The van der Waals surface area contributed by atoms with Crippen molar-refractivity contribution in [2.45, 2.75) is 56.6 Å². The zero-order chi connectivity index (χ0) is 20.1. The first-order valence-electron chi connectivity index (χ1n) is 10.5. The van der Waals surface area contributed by atoms with E-state index in [1.807, 2.05) is 18.3 Å². The summed E-state index contributed by atoms with van der Waals surface area (Å²) >= 11 is 0. The SMILES string of the molecule is COc1cc(Nc2ncc(C3CCNCC3)c(N[C@H]3CC[C@H](O)CC3)n2)ccn1.Cl.Cl.Cl. The van der Waals surface area contributed by atoms with Crippen LogP contribution in [0.2, 0.25) is 0 Å². The van der Waals surface area contributed by atoms with Crippen LogP contribution in [0.15, 0.2) is 24.5 Å². The molecule has 32 heavy (non-hydrogen) atoms. The van der Waals surface area contributed by atoms with Gasteiger partial charge in [0.15, 0.2) is 0 Å². The van der Waals surface area contributed by atoms with E-state index in [1.165, 1.54) is 5.56 Å². The third-order valence-corrected chi connectivity index (χ3v) is 5.83. The van der Waals surface area contributed by atoms with Crippen molar-refractivity contribution in [1.82, 2.24) is 20.3 Å². The van der Waals surface area contributed by atoms with Crippen molar-refractivity contribution in [2.75, 3.05) is 30.8 Å². The second-order valence-corrected chi connectivity index (χ2v) is 7.88. The van der Waals surface area contributed by atoms with E-state index in [-0.39, 0.29) is 43.3 Å². The lowest BCUT2D eigenvalue weighted by Crippen LogP contribution is -2.30. The average Bonchev–Trinajstić information content (AvgIpc) is 2.76. The van der Waals surface area contributed by atoms with Crippen molar-refractivity contribution in [2.24, 2.45) is 0 Å². The molecular weight excluding hydrogens is 475 g/mol. The lowest BCUT2D eigenvalue weighted by atomic mass is 9.90. The third-order valence-electron chi connectivity index (χ3n) is 5.83. The minimum absolute atomic E-state index is 0. The number of aliphatic hydroxyl groups excluding tert-OH is 1. The number of piperidine rings is 1. The Balaban J connectivity index is 0.00000171. The molecule has 1 aliphatic carbocycles. The lowest BCUT2D eigenvalue weighted by Gasteiger charge is -2.29. The molecule has 1 saturated heterocycles. The average molecular weight is 508 g/mol. The van der Waals surface area contributed by atoms with Crippen LogP contribution in [0.1, 0.15) is 50.0 Å². The molecule has 11 heteroatoms. The smallest absolute Gasteiger partial charge is 0.229 e. The van der Waals surface area contributed by atoms with E-state index < -0.39 is 0 Å². The number of halogens is 3. The minimum atomic E-state index is -0.166. The van der Waals surface area contributed by atoms with Crippen LogP contribution in [0.3, 0.4) is 0 Å². The van der Waals surface area contributed by atoms with Crippen LogP contribution in [-0.4, -0.2) is 52.4 Å². The summed E-state index contributed by atoms with van der Waals surface area (Å²) in [6.45, 7) is 2.05. The van der Waals surface area contributed by atoms with E-state index in [1.54, 1.807) is 13.3 Å². The van der Waals surface area contributed by atoms with Crippen molar-refractivity contribution >= 4 is 54.7 Å². The van der Waals surface area contributed by atoms with Gasteiger partial charge in [0.05, 0.1) is 13.2 Å². The maximum Gasteiger partial charge on any atom is 0.229 e. The Bertz CT molecular complexity index is 818. The topological polar surface area (TPSA) is 104 Å². The molecule has 0 unspecified atom stereocenters. The second-order valence-electron chi connectivity index (χ2n) is 7.88. The van der Waals surface area contributed by atoms with Gasteiger partial charge in [-0.25, -0.2) is 9.97 Å². The quantitative estimate of drug-likeness (QED) is 0.464. The van der Waals surface area contributed by atoms with Gasteiger partial charge in [-0.1, -0.05) is 0 Å². The first kappa shape index (κ1) is 28.5. The van der Waals surface area contributed by atoms with Gasteiger partial charge < -0.3 is 25.8 Å². The highest BCUT2D eigenvalue weighted by Gasteiger charge is 2.24. The molecule has 2 fully saturated rings. The number of hydrogen-bond donors (Lipinski definition) is 4. The van der Waals surface area contributed by atoms with Gasteiger partial charge in [0.1, 0.15) is 5.82 Å². The first-order valence-corrected chi connectivity index (χ1v) is 10.5. The van der Waals surface area contributed by atoms with Crippen LogP contribution in [0.4, 0.5) is 17.5 Å². The predicted molar refractivity (Wildman–Crippen MR) is 135 cm³/mol. The summed E-state index contributed by atoms with van der Waals surface area (Å²) in [5, 5.41) is 20.2. The van der Waals surface area contributed by atoms with Crippen LogP contribution in [0, 0.1) is 0 Å². The molecule has 4 rings (SSSR count). The van der Waals surface area contributed by atoms with Gasteiger partial charge in [-0.2, -0.15) is 4.98 Å². The largest absolute Gasteiger partial charge is 0.481 e. The Labute approximate surface area is 208 Å². The molecule has 2 aromatic heterocycles. The highest BCUT2D eigenvalue weighted by atomic mass is 35.5. The fourth-order valence-corrected chi connectivity index (χ4v) is 4.14. The summed E-state index contributed by atoms with van der Waals surface area (Å²) in [5.41, 5.74) is 2.02. The number of rotatable bonds is 6. The molecule has 8 nitrogen and oxygen atoms in total. The summed E-state index contributed by atoms with van der Waals surface area (Å²) in [5.74, 6) is 2.47. The number of nitrogens with zero attached hydrogens (tertiary/aromatic N) is 3. The van der Waals surface area contributed by atoms with Crippen molar-refractivity contribution in [3.05, 3.63) is 30.1 Å². The zero-order valence-corrected chi connectivity index (χ0v) is 20.6. The maximum atomic E-state index is 9.82. The zero-order valence-electron chi connectivity index (χ0n) is 18.1. The maximum absolute atomic E-state index is 9.82. The van der Waals surface area contributed by atoms with E-state index in [9.17, 15) is 5.11 Å². The van der Waals surface area contributed by atoms with Crippen molar-refractivity contribution in [3.63, 3.8) is 0 Å². The standard InChI is InChI=1S/C21H30N6O2.3ClH/c1-29-19-12-16(8-11-23-19)26-21-24-13-18(14-6-9-22-10-7-14)20(27-21)25-15-2-4-17(28)5-3-15;;;/h8,11-15,17,22,28H,2-7,9-10H2,1H3,(H2,23,24,25,26,27);3*1H/t15-,17-;;;. The van der Waals surface area contributed by atoms with Gasteiger partial charge in [0.2, 0.25) is 11.8 Å². The predicted octanol–water partition coefficient (Wildman–Crippen LogP) is 4.07.